The first-order valence-corrected chi connectivity index (χ1v) is 7.11. The van der Waals surface area contributed by atoms with Crippen molar-refractivity contribution in [2.75, 3.05) is 0 Å². The quantitative estimate of drug-likeness (QED) is 0.847. The number of carbonyl (C=O) groups excluding carboxylic acids is 1. The van der Waals surface area contributed by atoms with Crippen LogP contribution in [0, 0.1) is 0 Å². The molecule has 1 amide bonds. The Kier molecular flexibility index (Phi) is 4.52. The van der Waals surface area contributed by atoms with Gasteiger partial charge in [-0.05, 0) is 26.2 Å². The molecule has 0 saturated heterocycles. The van der Waals surface area contributed by atoms with Crippen LogP contribution in [0.5, 0.6) is 0 Å². The second kappa shape index (κ2) is 6.14. The molecule has 2 atom stereocenters. The van der Waals surface area contributed by atoms with Crippen molar-refractivity contribution in [1.29, 1.82) is 0 Å². The van der Waals surface area contributed by atoms with Crippen molar-refractivity contribution in [2.24, 2.45) is 5.73 Å². The zero-order valence-electron chi connectivity index (χ0n) is 11.7. The monoisotopic (exact) mass is 265 g/mol. The summed E-state index contributed by atoms with van der Waals surface area (Å²) in [4.78, 5) is 11.8. The smallest absolute Gasteiger partial charge is 0.237 e. The molecular weight excluding hydrogens is 242 g/mol. The maximum Gasteiger partial charge on any atom is 0.237 e. The highest BCUT2D eigenvalue weighted by Crippen LogP contribution is 2.18. The number of nitrogens with one attached hydrogen (secondary N) is 1. The minimum absolute atomic E-state index is 0.124. The van der Waals surface area contributed by atoms with E-state index in [0.717, 1.165) is 31.0 Å². The van der Waals surface area contributed by atoms with Crippen molar-refractivity contribution < 1.29 is 4.79 Å². The van der Waals surface area contributed by atoms with Crippen molar-refractivity contribution in [1.82, 2.24) is 20.1 Å². The number of carbonyl (C=O) groups is 1. The Bertz CT molecular complexity index is 442. The highest BCUT2D eigenvalue weighted by molar-refractivity contribution is 5.81. The minimum atomic E-state index is -0.450. The van der Waals surface area contributed by atoms with Gasteiger partial charge in [0, 0.05) is 13.0 Å². The molecule has 0 aliphatic carbocycles. The molecule has 0 saturated carbocycles. The summed E-state index contributed by atoms with van der Waals surface area (Å²) in [5.41, 5.74) is 5.73. The molecule has 3 N–H and O–H groups in total. The van der Waals surface area contributed by atoms with Crippen molar-refractivity contribution in [2.45, 2.75) is 64.6 Å². The second-order valence-electron chi connectivity index (χ2n) is 5.18. The fourth-order valence-electron chi connectivity index (χ4n) is 2.40. The molecule has 1 aromatic rings. The van der Waals surface area contributed by atoms with Gasteiger partial charge in [-0.1, -0.05) is 13.3 Å². The van der Waals surface area contributed by atoms with Gasteiger partial charge in [-0.25, -0.2) is 0 Å². The Morgan fingerprint density at radius 3 is 2.95 bits per heavy atom. The zero-order chi connectivity index (χ0) is 13.8. The van der Waals surface area contributed by atoms with Crippen molar-refractivity contribution in [3.05, 3.63) is 11.6 Å². The van der Waals surface area contributed by atoms with Crippen LogP contribution in [0.15, 0.2) is 0 Å². The standard InChI is InChI=1S/C13H23N5O/c1-3-10(14)13(19)15-9(2)12-17-16-11-7-5-4-6-8-18(11)12/h9-10H,3-8,14H2,1-2H3,(H,15,19)/t9?,10-/m1/s1. The molecule has 19 heavy (non-hydrogen) atoms. The number of nitrogens with two attached hydrogens (primary N) is 1. The van der Waals surface area contributed by atoms with E-state index in [2.05, 4.69) is 20.1 Å². The van der Waals surface area contributed by atoms with Crippen molar-refractivity contribution in [3.63, 3.8) is 0 Å². The summed E-state index contributed by atoms with van der Waals surface area (Å²) in [5, 5.41) is 11.4. The fraction of sp³-hybridized carbons (Fsp3) is 0.769. The summed E-state index contributed by atoms with van der Waals surface area (Å²) in [5.74, 6) is 1.75. The Hall–Kier alpha value is -1.43. The van der Waals surface area contributed by atoms with Crippen molar-refractivity contribution in [3.8, 4) is 0 Å². The molecule has 106 valence electrons. The van der Waals surface area contributed by atoms with Crippen LogP contribution in [-0.2, 0) is 17.8 Å². The molecule has 0 spiro atoms. The first kappa shape index (κ1) is 14.0. The van der Waals surface area contributed by atoms with Gasteiger partial charge in [0.1, 0.15) is 5.82 Å². The normalized spacial score (nSPS) is 18.3. The lowest BCUT2D eigenvalue weighted by molar-refractivity contribution is -0.123. The average Bonchev–Trinajstić information content (AvgIpc) is 2.67. The third kappa shape index (κ3) is 3.12. The Morgan fingerprint density at radius 1 is 1.42 bits per heavy atom. The van der Waals surface area contributed by atoms with Crippen LogP contribution in [0.2, 0.25) is 0 Å². The van der Waals surface area contributed by atoms with Gasteiger partial charge in [0.25, 0.3) is 0 Å². The van der Waals surface area contributed by atoms with Crippen LogP contribution in [0.3, 0.4) is 0 Å². The van der Waals surface area contributed by atoms with Gasteiger partial charge in [0.05, 0.1) is 12.1 Å². The van der Waals surface area contributed by atoms with Gasteiger partial charge in [0.2, 0.25) is 5.91 Å². The predicted octanol–water partition coefficient (Wildman–Crippen LogP) is 0.919. The molecular formula is C13H23N5O. The number of amides is 1. The SMILES string of the molecule is CC[C@@H](N)C(=O)NC(C)c1nnc2n1CCCCC2. The van der Waals surface area contributed by atoms with Crippen LogP contribution < -0.4 is 11.1 Å². The molecule has 0 fully saturated rings. The van der Waals surface area contributed by atoms with Crippen LogP contribution >= 0.6 is 0 Å². The Labute approximate surface area is 113 Å². The van der Waals surface area contributed by atoms with Gasteiger partial charge < -0.3 is 15.6 Å². The largest absolute Gasteiger partial charge is 0.345 e. The molecule has 1 unspecified atom stereocenters. The van der Waals surface area contributed by atoms with Crippen LogP contribution in [-0.4, -0.2) is 26.7 Å². The third-order valence-corrected chi connectivity index (χ3v) is 3.66. The molecule has 0 radical (unpaired) electrons. The summed E-state index contributed by atoms with van der Waals surface area (Å²) in [6.07, 6.45) is 5.15. The van der Waals surface area contributed by atoms with E-state index >= 15 is 0 Å². The van der Waals surface area contributed by atoms with E-state index < -0.39 is 6.04 Å². The summed E-state index contributed by atoms with van der Waals surface area (Å²) in [6, 6.07) is -0.599. The maximum absolute atomic E-state index is 11.8. The molecule has 2 rings (SSSR count). The second-order valence-corrected chi connectivity index (χ2v) is 5.18. The van der Waals surface area contributed by atoms with Gasteiger partial charge in [0.15, 0.2) is 5.82 Å². The first-order valence-electron chi connectivity index (χ1n) is 7.11. The van der Waals surface area contributed by atoms with E-state index in [9.17, 15) is 4.79 Å². The van der Waals surface area contributed by atoms with Gasteiger partial charge in [-0.3, -0.25) is 4.79 Å². The van der Waals surface area contributed by atoms with Crippen LogP contribution in [0.4, 0.5) is 0 Å². The summed E-state index contributed by atoms with van der Waals surface area (Å²) < 4.78 is 2.15. The van der Waals surface area contributed by atoms with E-state index in [1.807, 2.05) is 13.8 Å². The molecule has 1 aliphatic heterocycles. The number of hydrogen-bond donors (Lipinski definition) is 2. The maximum atomic E-state index is 11.8. The Balaban J connectivity index is 2.09. The van der Waals surface area contributed by atoms with Crippen molar-refractivity contribution >= 4 is 5.91 Å². The van der Waals surface area contributed by atoms with E-state index in [1.165, 1.54) is 12.8 Å². The molecule has 1 aromatic heterocycles. The van der Waals surface area contributed by atoms with E-state index in [1.54, 1.807) is 0 Å². The topological polar surface area (TPSA) is 85.8 Å². The number of aryl methyl sites for hydroxylation is 1. The predicted molar refractivity (Wildman–Crippen MR) is 72.4 cm³/mol. The number of aromatic nitrogens is 3. The number of rotatable bonds is 4. The molecule has 6 nitrogen and oxygen atoms in total. The van der Waals surface area contributed by atoms with E-state index in [-0.39, 0.29) is 11.9 Å². The highest BCUT2D eigenvalue weighted by Gasteiger charge is 2.21. The number of fused-ring (bicyclic) bond motifs is 1. The van der Waals surface area contributed by atoms with Gasteiger partial charge in [-0.2, -0.15) is 0 Å². The van der Waals surface area contributed by atoms with Gasteiger partial charge >= 0.3 is 0 Å². The van der Waals surface area contributed by atoms with Crippen LogP contribution in [0.1, 0.15) is 57.2 Å². The molecule has 2 heterocycles. The first-order chi connectivity index (χ1) is 9.13. The lowest BCUT2D eigenvalue weighted by Crippen LogP contribution is -2.41. The lowest BCUT2D eigenvalue weighted by atomic mass is 10.2. The molecule has 1 aliphatic rings. The fourth-order valence-corrected chi connectivity index (χ4v) is 2.40. The summed E-state index contributed by atoms with van der Waals surface area (Å²) >= 11 is 0. The lowest BCUT2D eigenvalue weighted by Gasteiger charge is -2.17. The third-order valence-electron chi connectivity index (χ3n) is 3.66. The molecule has 0 bridgehead atoms. The summed E-state index contributed by atoms with van der Waals surface area (Å²) in [6.45, 7) is 4.78. The van der Waals surface area contributed by atoms with Crippen LogP contribution in [0.25, 0.3) is 0 Å². The number of hydrogen-bond acceptors (Lipinski definition) is 4. The average molecular weight is 265 g/mol. The highest BCUT2D eigenvalue weighted by atomic mass is 16.2. The minimum Gasteiger partial charge on any atom is -0.345 e. The number of nitrogens with zero attached hydrogens (tertiary/aromatic N) is 3. The molecule has 0 aromatic carbocycles. The summed E-state index contributed by atoms with van der Waals surface area (Å²) in [7, 11) is 0. The van der Waals surface area contributed by atoms with E-state index in [4.69, 9.17) is 5.73 Å². The molecule has 6 heteroatoms. The zero-order valence-corrected chi connectivity index (χ0v) is 11.7. The Morgan fingerprint density at radius 2 is 2.21 bits per heavy atom. The van der Waals surface area contributed by atoms with E-state index in [0.29, 0.717) is 6.42 Å². The van der Waals surface area contributed by atoms with Gasteiger partial charge in [-0.15, -0.1) is 10.2 Å².